The molecular weight excluding hydrogens is 406 g/mol. The summed E-state index contributed by atoms with van der Waals surface area (Å²) >= 11 is 0. The normalized spacial score (nSPS) is 10.7. The number of hydrogen-bond acceptors (Lipinski definition) is 2. The predicted molar refractivity (Wildman–Crippen MR) is 133 cm³/mol. The Hall–Kier alpha value is -0.410. The van der Waals surface area contributed by atoms with E-state index >= 15 is 0 Å². The van der Waals surface area contributed by atoms with E-state index in [9.17, 15) is 9.59 Å². The third-order valence-corrected chi connectivity index (χ3v) is 5.88. The molecule has 0 heterocycles. The number of aldehydes is 2. The van der Waals surface area contributed by atoms with Gasteiger partial charge in [0.2, 0.25) is 0 Å². The van der Waals surface area contributed by atoms with Gasteiger partial charge in [0.1, 0.15) is 12.6 Å². The van der Waals surface area contributed by atoms with Gasteiger partial charge in [0.05, 0.1) is 27.2 Å². The number of rotatable bonds is 22. The SMILES string of the molecule is CCCCCCCCCC[N+](C)(C)CCCCCCCCCC.O=CCCCC=O.[Cl-]. The summed E-state index contributed by atoms with van der Waals surface area (Å²) in [5, 5.41) is 0. The molecule has 0 amide bonds. The van der Waals surface area contributed by atoms with Gasteiger partial charge in [-0.1, -0.05) is 90.9 Å². The fourth-order valence-electron chi connectivity index (χ4n) is 3.74. The minimum atomic E-state index is 0. The van der Waals surface area contributed by atoms with Crippen LogP contribution in [0.3, 0.4) is 0 Å². The highest BCUT2D eigenvalue weighted by molar-refractivity contribution is 5.52. The van der Waals surface area contributed by atoms with Crippen LogP contribution in [0.1, 0.15) is 136 Å². The Morgan fingerprint density at radius 3 is 1.06 bits per heavy atom. The molecule has 31 heavy (non-hydrogen) atoms. The lowest BCUT2D eigenvalue weighted by atomic mass is 10.1. The molecule has 0 aromatic heterocycles. The molecule has 0 aliphatic rings. The maximum atomic E-state index is 9.56. The van der Waals surface area contributed by atoms with Crippen molar-refractivity contribution in [2.24, 2.45) is 0 Å². The molecule has 0 spiro atoms. The van der Waals surface area contributed by atoms with Crippen LogP contribution in [0.2, 0.25) is 0 Å². The van der Waals surface area contributed by atoms with Crippen molar-refractivity contribution in [1.82, 2.24) is 0 Å². The van der Waals surface area contributed by atoms with Crippen LogP contribution in [0.25, 0.3) is 0 Å². The maximum absolute atomic E-state index is 9.56. The van der Waals surface area contributed by atoms with Crippen molar-refractivity contribution in [3.63, 3.8) is 0 Å². The third kappa shape index (κ3) is 34.4. The lowest BCUT2D eigenvalue weighted by Crippen LogP contribution is -3.00. The van der Waals surface area contributed by atoms with E-state index in [4.69, 9.17) is 0 Å². The first-order valence-corrected chi connectivity index (χ1v) is 13.2. The molecule has 0 saturated heterocycles. The van der Waals surface area contributed by atoms with Crippen LogP contribution in [0.15, 0.2) is 0 Å². The van der Waals surface area contributed by atoms with Gasteiger partial charge in [-0.25, -0.2) is 0 Å². The number of quaternary nitrogens is 1. The average molecular weight is 462 g/mol. The summed E-state index contributed by atoms with van der Waals surface area (Å²) in [4.78, 5) is 19.1. The molecule has 0 rings (SSSR count). The van der Waals surface area contributed by atoms with Crippen LogP contribution in [-0.4, -0.2) is 44.2 Å². The second kappa shape index (κ2) is 29.6. The Labute approximate surface area is 202 Å². The van der Waals surface area contributed by atoms with Crippen molar-refractivity contribution in [2.45, 2.75) is 136 Å². The van der Waals surface area contributed by atoms with Crippen molar-refractivity contribution < 1.29 is 26.5 Å². The number of nitrogens with zero attached hydrogens (tertiary/aromatic N) is 1. The Balaban J connectivity index is -0.000000840. The number of halogens is 1. The molecule has 0 N–H and O–H groups in total. The minimum Gasteiger partial charge on any atom is -1.00 e. The molecule has 4 heteroatoms. The van der Waals surface area contributed by atoms with Gasteiger partial charge in [0.25, 0.3) is 0 Å². The Morgan fingerprint density at radius 2 is 0.774 bits per heavy atom. The summed E-state index contributed by atoms with van der Waals surface area (Å²) in [7, 11) is 4.87. The van der Waals surface area contributed by atoms with E-state index in [2.05, 4.69) is 27.9 Å². The first-order chi connectivity index (χ1) is 14.5. The van der Waals surface area contributed by atoms with Crippen LogP contribution >= 0.6 is 0 Å². The van der Waals surface area contributed by atoms with Crippen molar-refractivity contribution in [3.8, 4) is 0 Å². The fraction of sp³-hybridized carbons (Fsp3) is 0.926. The molecule has 0 aliphatic heterocycles. The topological polar surface area (TPSA) is 34.1 Å². The quantitative estimate of drug-likeness (QED) is 0.130. The standard InChI is InChI=1S/C22H48N.C5H8O2.ClH/c1-5-7-9-11-13-15-17-19-21-23(3,4)22-20-18-16-14-12-10-8-6-2;6-4-2-1-3-5-7;/h5-22H2,1-4H3;4-5H,1-3H2;1H/q+1;;/p-1. The lowest BCUT2D eigenvalue weighted by molar-refractivity contribution is -0.890. The summed E-state index contributed by atoms with van der Waals surface area (Å²) in [5.74, 6) is 0. The number of hydrogen-bond donors (Lipinski definition) is 0. The van der Waals surface area contributed by atoms with Gasteiger partial charge in [0.15, 0.2) is 0 Å². The smallest absolute Gasteiger partial charge is 0.120 e. The van der Waals surface area contributed by atoms with Crippen LogP contribution < -0.4 is 12.4 Å². The average Bonchev–Trinajstić information content (AvgIpc) is 2.73. The van der Waals surface area contributed by atoms with Crippen LogP contribution in [0, 0.1) is 0 Å². The number of carbonyl (C=O) groups is 2. The second-order valence-electron chi connectivity index (χ2n) is 9.60. The van der Waals surface area contributed by atoms with E-state index in [1.54, 1.807) is 0 Å². The molecule has 0 unspecified atom stereocenters. The number of unbranched alkanes of at least 4 members (excludes halogenated alkanes) is 16. The molecule has 0 aromatic rings. The van der Waals surface area contributed by atoms with E-state index in [0.717, 1.165) is 12.6 Å². The Bertz CT molecular complexity index is 318. The van der Waals surface area contributed by atoms with Crippen LogP contribution in [0.4, 0.5) is 0 Å². The van der Waals surface area contributed by atoms with E-state index in [0.29, 0.717) is 19.3 Å². The Kier molecular flexibility index (Phi) is 33.6. The highest BCUT2D eigenvalue weighted by Gasteiger charge is 2.13. The van der Waals surface area contributed by atoms with Crippen molar-refractivity contribution in [3.05, 3.63) is 0 Å². The van der Waals surface area contributed by atoms with E-state index in [1.165, 1.54) is 120 Å². The van der Waals surface area contributed by atoms with Gasteiger partial charge < -0.3 is 26.5 Å². The van der Waals surface area contributed by atoms with Gasteiger partial charge in [-0.15, -0.1) is 0 Å². The van der Waals surface area contributed by atoms with Crippen molar-refractivity contribution in [2.75, 3.05) is 27.2 Å². The molecule has 188 valence electrons. The maximum Gasteiger partial charge on any atom is 0.120 e. The zero-order chi connectivity index (χ0) is 22.8. The molecular formula is C27H56ClNO2. The van der Waals surface area contributed by atoms with Crippen molar-refractivity contribution >= 4 is 12.6 Å². The fourth-order valence-corrected chi connectivity index (χ4v) is 3.74. The zero-order valence-electron chi connectivity index (χ0n) is 21.6. The van der Waals surface area contributed by atoms with Gasteiger partial charge in [0, 0.05) is 12.8 Å². The minimum absolute atomic E-state index is 0. The highest BCUT2D eigenvalue weighted by Crippen LogP contribution is 2.13. The van der Waals surface area contributed by atoms with Gasteiger partial charge >= 0.3 is 0 Å². The summed E-state index contributed by atoms with van der Waals surface area (Å²) in [6, 6.07) is 0. The second-order valence-corrected chi connectivity index (χ2v) is 9.60. The van der Waals surface area contributed by atoms with Gasteiger partial charge in [-0.2, -0.15) is 0 Å². The molecule has 0 radical (unpaired) electrons. The largest absolute Gasteiger partial charge is 1.00 e. The lowest BCUT2D eigenvalue weighted by Gasteiger charge is -2.30. The summed E-state index contributed by atoms with van der Waals surface area (Å²) < 4.78 is 1.24. The van der Waals surface area contributed by atoms with Gasteiger partial charge in [-0.05, 0) is 32.1 Å². The molecule has 3 nitrogen and oxygen atoms in total. The number of carbonyl (C=O) groups excluding carboxylic acids is 2. The van der Waals surface area contributed by atoms with E-state index in [-0.39, 0.29) is 12.4 Å². The molecule has 0 aliphatic carbocycles. The molecule has 0 atom stereocenters. The van der Waals surface area contributed by atoms with Crippen LogP contribution in [0.5, 0.6) is 0 Å². The predicted octanol–water partition coefficient (Wildman–Crippen LogP) is 4.90. The third-order valence-electron chi connectivity index (χ3n) is 5.88. The van der Waals surface area contributed by atoms with E-state index in [1.807, 2.05) is 0 Å². The summed E-state index contributed by atoms with van der Waals surface area (Å²) in [6.45, 7) is 7.36. The van der Waals surface area contributed by atoms with Crippen molar-refractivity contribution in [1.29, 1.82) is 0 Å². The van der Waals surface area contributed by atoms with Crippen LogP contribution in [-0.2, 0) is 9.59 Å². The molecule has 0 bridgehead atoms. The molecule has 0 saturated carbocycles. The highest BCUT2D eigenvalue weighted by atomic mass is 35.5. The summed E-state index contributed by atoms with van der Waals surface area (Å²) in [6.07, 6.45) is 26.4. The monoisotopic (exact) mass is 461 g/mol. The summed E-state index contributed by atoms with van der Waals surface area (Å²) in [5.41, 5.74) is 0. The first-order valence-electron chi connectivity index (χ1n) is 13.2. The van der Waals surface area contributed by atoms with E-state index < -0.39 is 0 Å². The first kappa shape index (κ1) is 35.2. The van der Waals surface area contributed by atoms with Gasteiger partial charge in [-0.3, -0.25) is 0 Å². The Morgan fingerprint density at radius 1 is 0.484 bits per heavy atom. The molecule has 0 aromatic carbocycles. The molecule has 0 fully saturated rings. The zero-order valence-corrected chi connectivity index (χ0v) is 22.4.